The van der Waals surface area contributed by atoms with Crippen LogP contribution in [0.2, 0.25) is 0 Å². The Morgan fingerprint density at radius 1 is 1.47 bits per heavy atom. The molecule has 2 aliphatic heterocycles. The van der Waals surface area contributed by atoms with Gasteiger partial charge in [0.15, 0.2) is 5.83 Å². The molecule has 2 aliphatic rings. The summed E-state index contributed by atoms with van der Waals surface area (Å²) >= 11 is 0. The number of nitrogens with zero attached hydrogens (tertiary/aromatic N) is 3. The van der Waals surface area contributed by atoms with Crippen molar-refractivity contribution in [2.24, 2.45) is 10.7 Å². The van der Waals surface area contributed by atoms with Crippen molar-refractivity contribution in [2.45, 2.75) is 13.0 Å². The highest BCUT2D eigenvalue weighted by Gasteiger charge is 2.31. The lowest BCUT2D eigenvalue weighted by atomic mass is 10.1. The van der Waals surface area contributed by atoms with E-state index in [-0.39, 0.29) is 0 Å². The van der Waals surface area contributed by atoms with Crippen molar-refractivity contribution < 1.29 is 9.13 Å². The van der Waals surface area contributed by atoms with Crippen molar-refractivity contribution in [1.82, 2.24) is 9.80 Å². The van der Waals surface area contributed by atoms with Gasteiger partial charge in [0.25, 0.3) is 0 Å². The third-order valence-corrected chi connectivity index (χ3v) is 3.56. The number of nitrogens with two attached hydrogens (primary N) is 1. The number of rotatable bonds is 3. The average molecular weight is 268 g/mol. The smallest absolute Gasteiger partial charge is 0.166 e. The largest absolute Gasteiger partial charge is 0.401 e. The van der Waals surface area contributed by atoms with Gasteiger partial charge in [-0.3, -0.25) is 9.89 Å². The number of hydrogen-bond donors (Lipinski definition) is 1. The number of morpholine rings is 1. The maximum atomic E-state index is 14.0. The van der Waals surface area contributed by atoms with Gasteiger partial charge in [0.2, 0.25) is 0 Å². The van der Waals surface area contributed by atoms with Crippen LogP contribution in [0.3, 0.4) is 0 Å². The summed E-state index contributed by atoms with van der Waals surface area (Å²) in [6.45, 7) is 9.79. The van der Waals surface area contributed by atoms with Gasteiger partial charge in [-0.15, -0.1) is 0 Å². The summed E-state index contributed by atoms with van der Waals surface area (Å²) in [5.74, 6) is -0.430. The highest BCUT2D eigenvalue weighted by Crippen LogP contribution is 2.24. The number of hydrogen-bond acceptors (Lipinski definition) is 5. The molecule has 19 heavy (non-hydrogen) atoms. The Morgan fingerprint density at radius 3 is 2.95 bits per heavy atom. The van der Waals surface area contributed by atoms with Crippen LogP contribution in [0, 0.1) is 0 Å². The predicted octanol–water partition coefficient (Wildman–Crippen LogP) is 0.705. The summed E-state index contributed by atoms with van der Waals surface area (Å²) in [4.78, 5) is 7.84. The molecule has 6 heteroatoms. The molecule has 0 aliphatic carbocycles. The molecule has 0 saturated carbocycles. The Morgan fingerprint density at radius 2 is 2.26 bits per heavy atom. The summed E-state index contributed by atoms with van der Waals surface area (Å²) in [5, 5.41) is 0. The molecule has 2 saturated heterocycles. The van der Waals surface area contributed by atoms with Crippen molar-refractivity contribution in [3.8, 4) is 0 Å². The second-order valence-corrected chi connectivity index (χ2v) is 4.90. The van der Waals surface area contributed by atoms with Gasteiger partial charge in [-0.1, -0.05) is 0 Å². The molecule has 0 spiro atoms. The van der Waals surface area contributed by atoms with Crippen molar-refractivity contribution in [3.05, 3.63) is 23.4 Å². The van der Waals surface area contributed by atoms with E-state index in [9.17, 15) is 4.39 Å². The lowest BCUT2D eigenvalue weighted by molar-refractivity contribution is -0.0384. The van der Waals surface area contributed by atoms with E-state index in [1.54, 1.807) is 6.92 Å². The number of aliphatic imine (C=N–C) groups is 1. The zero-order valence-electron chi connectivity index (χ0n) is 11.3. The van der Waals surface area contributed by atoms with E-state index < -0.39 is 5.83 Å². The lowest BCUT2D eigenvalue weighted by Gasteiger charge is -2.45. The molecule has 2 rings (SSSR count). The lowest BCUT2D eigenvalue weighted by Crippen LogP contribution is -2.57. The van der Waals surface area contributed by atoms with Gasteiger partial charge >= 0.3 is 0 Å². The van der Waals surface area contributed by atoms with E-state index in [0.717, 1.165) is 39.0 Å². The van der Waals surface area contributed by atoms with Crippen LogP contribution in [-0.2, 0) is 4.74 Å². The molecule has 106 valence electrons. The molecule has 0 amide bonds. The number of piperazine rings is 1. The Kier molecular flexibility index (Phi) is 4.55. The zero-order chi connectivity index (χ0) is 13.8. The van der Waals surface area contributed by atoms with Crippen LogP contribution in [0.1, 0.15) is 6.92 Å². The van der Waals surface area contributed by atoms with Gasteiger partial charge < -0.3 is 15.4 Å². The SMILES string of the molecule is C=N/C=C(F)\C(=C(/C)N)N1CCN2CCOC[C@@H]2C1. The van der Waals surface area contributed by atoms with Crippen molar-refractivity contribution in [3.63, 3.8) is 0 Å². The number of fused-ring (bicyclic) bond motifs is 1. The van der Waals surface area contributed by atoms with Crippen molar-refractivity contribution >= 4 is 6.72 Å². The second-order valence-electron chi connectivity index (χ2n) is 4.90. The molecule has 2 heterocycles. The van der Waals surface area contributed by atoms with Gasteiger partial charge in [-0.25, -0.2) is 4.39 Å². The fourth-order valence-corrected chi connectivity index (χ4v) is 2.68. The summed E-state index contributed by atoms with van der Waals surface area (Å²) < 4.78 is 19.5. The fourth-order valence-electron chi connectivity index (χ4n) is 2.68. The first-order chi connectivity index (χ1) is 9.13. The monoisotopic (exact) mass is 268 g/mol. The minimum Gasteiger partial charge on any atom is -0.401 e. The van der Waals surface area contributed by atoms with E-state index in [0.29, 0.717) is 24.0 Å². The van der Waals surface area contributed by atoms with Crippen LogP contribution in [0.25, 0.3) is 0 Å². The highest BCUT2D eigenvalue weighted by atomic mass is 19.1. The maximum absolute atomic E-state index is 14.0. The Bertz CT molecular complexity index is 403. The van der Waals surface area contributed by atoms with Gasteiger partial charge in [0.05, 0.1) is 31.2 Å². The van der Waals surface area contributed by atoms with Gasteiger partial charge in [0, 0.05) is 31.9 Å². The molecular weight excluding hydrogens is 247 g/mol. The van der Waals surface area contributed by atoms with Crippen molar-refractivity contribution in [1.29, 1.82) is 0 Å². The third-order valence-electron chi connectivity index (χ3n) is 3.56. The minimum atomic E-state index is -0.430. The first-order valence-electron chi connectivity index (χ1n) is 6.48. The van der Waals surface area contributed by atoms with E-state index in [1.165, 1.54) is 0 Å². The zero-order valence-corrected chi connectivity index (χ0v) is 11.3. The van der Waals surface area contributed by atoms with E-state index in [2.05, 4.69) is 16.6 Å². The van der Waals surface area contributed by atoms with Crippen LogP contribution < -0.4 is 5.73 Å². The fraction of sp³-hybridized carbons (Fsp3) is 0.615. The summed E-state index contributed by atoms with van der Waals surface area (Å²) in [6.07, 6.45) is 1.11. The third kappa shape index (κ3) is 3.13. The molecule has 5 nitrogen and oxygen atoms in total. The Hall–Kier alpha value is -1.40. The number of halogens is 1. The number of allylic oxidation sites excluding steroid dienone is 2. The Labute approximate surface area is 113 Å². The van der Waals surface area contributed by atoms with Crippen LogP contribution in [-0.4, -0.2) is 62.0 Å². The molecule has 2 fully saturated rings. The highest BCUT2D eigenvalue weighted by molar-refractivity contribution is 5.32. The average Bonchev–Trinajstić information content (AvgIpc) is 2.38. The predicted molar refractivity (Wildman–Crippen MR) is 73.4 cm³/mol. The quantitative estimate of drug-likeness (QED) is 0.605. The van der Waals surface area contributed by atoms with Crippen LogP contribution >= 0.6 is 0 Å². The van der Waals surface area contributed by atoms with E-state index in [4.69, 9.17) is 10.5 Å². The normalized spacial score (nSPS) is 26.7. The second kappa shape index (κ2) is 6.16. The summed E-state index contributed by atoms with van der Waals surface area (Å²) in [7, 11) is 0. The molecule has 0 aromatic rings. The topological polar surface area (TPSA) is 54.1 Å². The molecule has 1 atom stereocenters. The molecule has 0 unspecified atom stereocenters. The van der Waals surface area contributed by atoms with Crippen molar-refractivity contribution in [2.75, 3.05) is 39.4 Å². The van der Waals surface area contributed by atoms with Gasteiger partial charge in [-0.2, -0.15) is 0 Å². The first-order valence-corrected chi connectivity index (χ1v) is 6.48. The van der Waals surface area contributed by atoms with E-state index >= 15 is 0 Å². The first kappa shape index (κ1) is 14.0. The van der Waals surface area contributed by atoms with Gasteiger partial charge in [-0.05, 0) is 13.6 Å². The maximum Gasteiger partial charge on any atom is 0.166 e. The molecule has 0 aromatic carbocycles. The minimum absolute atomic E-state index is 0.307. The molecule has 0 radical (unpaired) electrons. The summed E-state index contributed by atoms with van der Waals surface area (Å²) in [5.41, 5.74) is 6.71. The molecule has 0 bridgehead atoms. The van der Waals surface area contributed by atoms with Gasteiger partial charge in [0.1, 0.15) is 0 Å². The Balaban J connectivity index is 2.14. The molecule has 2 N–H and O–H groups in total. The molecule has 0 aromatic heterocycles. The van der Waals surface area contributed by atoms with Crippen LogP contribution in [0.4, 0.5) is 4.39 Å². The van der Waals surface area contributed by atoms with Crippen LogP contribution in [0.15, 0.2) is 28.4 Å². The van der Waals surface area contributed by atoms with Crippen LogP contribution in [0.5, 0.6) is 0 Å². The standard InChI is InChI=1S/C13H21FN4O/c1-10(15)13(12(14)7-16-2)18-4-3-17-5-6-19-9-11(17)8-18/h7,11H,2-6,8-9,15H2,1H3/b12-7+,13-10-/t11-/m0/s1. The number of ether oxygens (including phenoxy) is 1. The van der Waals surface area contributed by atoms with E-state index in [1.807, 2.05) is 4.90 Å². The summed E-state index contributed by atoms with van der Waals surface area (Å²) in [6, 6.07) is 0.307. The molecular formula is C13H21FN4O.